The van der Waals surface area contributed by atoms with Crippen molar-refractivity contribution in [3.8, 4) is 5.75 Å². The zero-order chi connectivity index (χ0) is 13.3. The zero-order valence-corrected chi connectivity index (χ0v) is 11.1. The lowest BCUT2D eigenvalue weighted by atomic mass is 9.70. The number of carboxylic acid groups (broad SMARTS) is 1. The van der Waals surface area contributed by atoms with Crippen molar-refractivity contribution >= 4 is 5.97 Å². The van der Waals surface area contributed by atoms with Crippen molar-refractivity contribution in [2.75, 3.05) is 6.61 Å². The molecule has 1 aromatic rings. The van der Waals surface area contributed by atoms with Gasteiger partial charge in [0.1, 0.15) is 5.75 Å². The van der Waals surface area contributed by atoms with E-state index in [2.05, 4.69) is 0 Å². The van der Waals surface area contributed by atoms with Gasteiger partial charge in [-0.05, 0) is 18.4 Å². The summed E-state index contributed by atoms with van der Waals surface area (Å²) in [6, 6.07) is 7.64. The molecular weight excluding hydrogens is 240 g/mol. The molecule has 0 radical (unpaired) electrons. The molecule has 102 valence electrons. The van der Waals surface area contributed by atoms with Crippen LogP contribution in [0.15, 0.2) is 24.3 Å². The van der Waals surface area contributed by atoms with Crippen molar-refractivity contribution in [3.05, 3.63) is 29.8 Å². The highest BCUT2D eigenvalue weighted by Gasteiger charge is 2.46. The van der Waals surface area contributed by atoms with Crippen molar-refractivity contribution in [2.45, 2.75) is 43.9 Å². The summed E-state index contributed by atoms with van der Waals surface area (Å²) in [5, 5.41) is 9.84. The van der Waals surface area contributed by atoms with E-state index < -0.39 is 11.4 Å². The molecule has 1 saturated carbocycles. The number of hydrogen-bond donors (Lipinski definition) is 1. The van der Waals surface area contributed by atoms with E-state index >= 15 is 0 Å². The Labute approximate surface area is 113 Å². The fraction of sp³-hybridized carbons (Fsp3) is 0.562. The standard InChI is InChI=1S/C16H20O3/c17-15(18)16(11-12-5-1-2-6-12)9-10-19-14-8-4-3-7-13(14)16/h3-4,7-8,12H,1-2,5-6,9-11H2,(H,17,18). The fourth-order valence-corrected chi connectivity index (χ4v) is 3.69. The number of ether oxygens (including phenoxy) is 1. The molecule has 1 fully saturated rings. The molecule has 1 heterocycles. The Morgan fingerprint density at radius 3 is 2.79 bits per heavy atom. The van der Waals surface area contributed by atoms with Crippen LogP contribution in [0.25, 0.3) is 0 Å². The van der Waals surface area contributed by atoms with Gasteiger partial charge in [-0.15, -0.1) is 0 Å². The van der Waals surface area contributed by atoms with Crippen LogP contribution in [-0.2, 0) is 10.2 Å². The lowest BCUT2D eigenvalue weighted by molar-refractivity contribution is -0.146. The van der Waals surface area contributed by atoms with E-state index in [1.54, 1.807) is 0 Å². The van der Waals surface area contributed by atoms with Gasteiger partial charge in [0.05, 0.1) is 12.0 Å². The van der Waals surface area contributed by atoms with Crippen LogP contribution in [0.4, 0.5) is 0 Å². The monoisotopic (exact) mass is 260 g/mol. The van der Waals surface area contributed by atoms with E-state index in [-0.39, 0.29) is 0 Å². The first-order valence-electron chi connectivity index (χ1n) is 7.18. The van der Waals surface area contributed by atoms with Crippen LogP contribution in [-0.4, -0.2) is 17.7 Å². The molecule has 19 heavy (non-hydrogen) atoms. The van der Waals surface area contributed by atoms with Gasteiger partial charge in [0, 0.05) is 12.0 Å². The van der Waals surface area contributed by atoms with Gasteiger partial charge >= 0.3 is 5.97 Å². The second kappa shape index (κ2) is 4.87. The van der Waals surface area contributed by atoms with E-state index in [1.807, 2.05) is 24.3 Å². The summed E-state index contributed by atoms with van der Waals surface area (Å²) in [4.78, 5) is 12.0. The van der Waals surface area contributed by atoms with Gasteiger partial charge in [-0.25, -0.2) is 0 Å². The summed E-state index contributed by atoms with van der Waals surface area (Å²) in [7, 11) is 0. The van der Waals surface area contributed by atoms with E-state index in [9.17, 15) is 9.90 Å². The SMILES string of the molecule is O=C(O)C1(CC2CCCC2)CCOc2ccccc21. The van der Waals surface area contributed by atoms with E-state index in [0.29, 0.717) is 18.9 Å². The quantitative estimate of drug-likeness (QED) is 0.906. The minimum absolute atomic E-state index is 0.510. The number of aliphatic carboxylic acids is 1. The molecule has 3 heteroatoms. The molecule has 0 amide bonds. The summed E-state index contributed by atoms with van der Waals surface area (Å²) in [6.07, 6.45) is 6.21. The predicted octanol–water partition coefficient (Wildman–Crippen LogP) is 3.37. The van der Waals surface area contributed by atoms with Crippen LogP contribution in [0, 0.1) is 5.92 Å². The van der Waals surface area contributed by atoms with Gasteiger partial charge in [0.25, 0.3) is 0 Å². The van der Waals surface area contributed by atoms with Crippen LogP contribution in [0.2, 0.25) is 0 Å². The van der Waals surface area contributed by atoms with Gasteiger partial charge in [0.2, 0.25) is 0 Å². The zero-order valence-electron chi connectivity index (χ0n) is 11.1. The third-order valence-corrected chi connectivity index (χ3v) is 4.71. The molecule has 0 spiro atoms. The second-order valence-electron chi connectivity index (χ2n) is 5.84. The predicted molar refractivity (Wildman–Crippen MR) is 72.4 cm³/mol. The lowest BCUT2D eigenvalue weighted by Crippen LogP contribution is -2.42. The average molecular weight is 260 g/mol. The highest BCUT2D eigenvalue weighted by Crippen LogP contribution is 2.46. The van der Waals surface area contributed by atoms with Gasteiger partial charge in [-0.3, -0.25) is 4.79 Å². The summed E-state index contributed by atoms with van der Waals surface area (Å²) < 4.78 is 5.63. The molecule has 1 aromatic carbocycles. The Kier molecular flexibility index (Phi) is 3.21. The summed E-state index contributed by atoms with van der Waals surface area (Å²) in [6.45, 7) is 0.510. The number of benzene rings is 1. The van der Waals surface area contributed by atoms with Crippen molar-refractivity contribution in [1.82, 2.24) is 0 Å². The number of carbonyl (C=O) groups is 1. The van der Waals surface area contributed by atoms with Crippen molar-refractivity contribution in [1.29, 1.82) is 0 Å². The Hall–Kier alpha value is -1.51. The van der Waals surface area contributed by atoms with E-state index in [0.717, 1.165) is 17.7 Å². The number of rotatable bonds is 3. The summed E-state index contributed by atoms with van der Waals surface area (Å²) in [5.74, 6) is 0.631. The molecule has 0 aromatic heterocycles. The molecule has 1 aliphatic heterocycles. The molecule has 0 saturated heterocycles. The number of para-hydroxylation sites is 1. The highest BCUT2D eigenvalue weighted by molar-refractivity contribution is 5.83. The lowest BCUT2D eigenvalue weighted by Gasteiger charge is -2.37. The molecule has 1 unspecified atom stereocenters. The fourth-order valence-electron chi connectivity index (χ4n) is 3.69. The summed E-state index contributed by atoms with van der Waals surface area (Å²) >= 11 is 0. The topological polar surface area (TPSA) is 46.5 Å². The van der Waals surface area contributed by atoms with Gasteiger partial charge in [0.15, 0.2) is 0 Å². The number of carboxylic acids is 1. The smallest absolute Gasteiger partial charge is 0.314 e. The molecule has 3 nitrogen and oxygen atoms in total. The van der Waals surface area contributed by atoms with Crippen molar-refractivity contribution in [2.24, 2.45) is 5.92 Å². The maximum atomic E-state index is 12.0. The third kappa shape index (κ3) is 2.11. The van der Waals surface area contributed by atoms with Crippen LogP contribution in [0.5, 0.6) is 5.75 Å². The molecule has 1 aliphatic carbocycles. The largest absolute Gasteiger partial charge is 0.493 e. The first-order chi connectivity index (χ1) is 9.22. The Morgan fingerprint density at radius 1 is 1.32 bits per heavy atom. The second-order valence-corrected chi connectivity index (χ2v) is 5.84. The molecule has 1 atom stereocenters. The maximum absolute atomic E-state index is 12.0. The molecule has 2 aliphatic rings. The molecule has 1 N–H and O–H groups in total. The first kappa shape index (κ1) is 12.5. The normalized spacial score (nSPS) is 26.7. The molecule has 3 rings (SSSR count). The minimum Gasteiger partial charge on any atom is -0.493 e. The number of hydrogen-bond acceptors (Lipinski definition) is 2. The van der Waals surface area contributed by atoms with E-state index in [1.165, 1.54) is 25.7 Å². The highest BCUT2D eigenvalue weighted by atomic mass is 16.5. The van der Waals surface area contributed by atoms with Crippen LogP contribution in [0.1, 0.15) is 44.1 Å². The van der Waals surface area contributed by atoms with Gasteiger partial charge < -0.3 is 9.84 Å². The Bertz CT molecular complexity index is 477. The van der Waals surface area contributed by atoms with Crippen LogP contribution < -0.4 is 4.74 Å². The van der Waals surface area contributed by atoms with Crippen molar-refractivity contribution in [3.63, 3.8) is 0 Å². The van der Waals surface area contributed by atoms with E-state index in [4.69, 9.17) is 4.74 Å². The van der Waals surface area contributed by atoms with Gasteiger partial charge in [-0.2, -0.15) is 0 Å². The van der Waals surface area contributed by atoms with Crippen molar-refractivity contribution < 1.29 is 14.6 Å². The summed E-state index contributed by atoms with van der Waals surface area (Å²) in [5.41, 5.74) is 0.143. The molecular formula is C16H20O3. The number of fused-ring (bicyclic) bond motifs is 1. The maximum Gasteiger partial charge on any atom is 0.314 e. The minimum atomic E-state index is -0.732. The first-order valence-corrected chi connectivity index (χ1v) is 7.18. The van der Waals surface area contributed by atoms with Crippen LogP contribution in [0.3, 0.4) is 0 Å². The average Bonchev–Trinajstić information content (AvgIpc) is 2.91. The Morgan fingerprint density at radius 2 is 2.05 bits per heavy atom. The van der Waals surface area contributed by atoms with Crippen LogP contribution >= 0.6 is 0 Å². The third-order valence-electron chi connectivity index (χ3n) is 4.71. The Balaban J connectivity index is 1.99. The van der Waals surface area contributed by atoms with Gasteiger partial charge in [-0.1, -0.05) is 43.9 Å². The molecule has 0 bridgehead atoms.